The van der Waals surface area contributed by atoms with Crippen molar-refractivity contribution < 1.29 is 0 Å². The van der Waals surface area contributed by atoms with Crippen LogP contribution in [0.5, 0.6) is 0 Å². The standard InChI is InChI=1S/C21H40N2/c1-2-23(18-21-15-11-7-4-8-12-16-21)19-22-17-20-13-9-5-3-6-10-14-20/h15,20,22H,2-14,16-19H2,1H3/b21-15-. The van der Waals surface area contributed by atoms with Gasteiger partial charge in [-0.2, -0.15) is 0 Å². The Balaban J connectivity index is 1.66. The molecule has 0 heterocycles. The first-order chi connectivity index (χ1) is 11.4. The fraction of sp³-hybridized carbons (Fsp3) is 0.905. The van der Waals surface area contributed by atoms with E-state index in [1.807, 2.05) is 0 Å². The largest absolute Gasteiger partial charge is 0.304 e. The van der Waals surface area contributed by atoms with Crippen molar-refractivity contribution in [2.75, 3.05) is 26.3 Å². The van der Waals surface area contributed by atoms with Gasteiger partial charge in [0, 0.05) is 13.2 Å². The van der Waals surface area contributed by atoms with Gasteiger partial charge < -0.3 is 5.32 Å². The Morgan fingerprint density at radius 3 is 2.43 bits per heavy atom. The second-order valence-corrected chi connectivity index (χ2v) is 7.78. The van der Waals surface area contributed by atoms with Crippen LogP contribution in [0.2, 0.25) is 0 Å². The molecule has 134 valence electrons. The number of hydrogen-bond acceptors (Lipinski definition) is 2. The van der Waals surface area contributed by atoms with Crippen molar-refractivity contribution >= 4 is 0 Å². The summed E-state index contributed by atoms with van der Waals surface area (Å²) in [6.45, 7) is 6.96. The van der Waals surface area contributed by atoms with Gasteiger partial charge in [0.2, 0.25) is 0 Å². The average molecular weight is 321 g/mol. The molecule has 2 aliphatic carbocycles. The minimum absolute atomic E-state index is 0.926. The van der Waals surface area contributed by atoms with Gasteiger partial charge in [-0.1, -0.05) is 63.5 Å². The van der Waals surface area contributed by atoms with Crippen molar-refractivity contribution in [1.82, 2.24) is 10.2 Å². The molecule has 1 fully saturated rings. The zero-order valence-corrected chi connectivity index (χ0v) is 15.6. The van der Waals surface area contributed by atoms with Crippen LogP contribution in [0.4, 0.5) is 0 Å². The van der Waals surface area contributed by atoms with Gasteiger partial charge in [-0.25, -0.2) is 0 Å². The molecule has 23 heavy (non-hydrogen) atoms. The van der Waals surface area contributed by atoms with Crippen molar-refractivity contribution in [3.63, 3.8) is 0 Å². The van der Waals surface area contributed by atoms with Gasteiger partial charge in [0.25, 0.3) is 0 Å². The molecule has 2 aliphatic rings. The first-order valence-electron chi connectivity index (χ1n) is 10.5. The second-order valence-electron chi connectivity index (χ2n) is 7.78. The van der Waals surface area contributed by atoms with Gasteiger partial charge in [-0.05, 0) is 57.5 Å². The molecule has 0 saturated heterocycles. The molecular weight excluding hydrogens is 280 g/mol. The molecule has 1 N–H and O–H groups in total. The Bertz CT molecular complexity index is 316. The normalized spacial score (nSPS) is 24.3. The number of nitrogens with one attached hydrogen (secondary N) is 1. The number of nitrogens with zero attached hydrogens (tertiary/aromatic N) is 1. The topological polar surface area (TPSA) is 15.3 Å². The molecule has 2 rings (SSSR count). The van der Waals surface area contributed by atoms with E-state index in [2.05, 4.69) is 23.2 Å². The highest BCUT2D eigenvalue weighted by molar-refractivity contribution is 5.05. The molecule has 0 aromatic heterocycles. The second kappa shape index (κ2) is 12.1. The summed E-state index contributed by atoms with van der Waals surface area (Å²) in [6, 6.07) is 0. The molecule has 0 bridgehead atoms. The molecular formula is C21H40N2. The van der Waals surface area contributed by atoms with Crippen molar-refractivity contribution in [3.8, 4) is 0 Å². The van der Waals surface area contributed by atoms with E-state index in [0.29, 0.717) is 0 Å². The fourth-order valence-electron chi connectivity index (χ4n) is 4.14. The highest BCUT2D eigenvalue weighted by atomic mass is 15.2. The van der Waals surface area contributed by atoms with Gasteiger partial charge in [0.05, 0.1) is 0 Å². The highest BCUT2D eigenvalue weighted by Gasteiger charge is 2.12. The van der Waals surface area contributed by atoms with Crippen molar-refractivity contribution in [2.45, 2.75) is 90.4 Å². The molecule has 0 aromatic carbocycles. The SMILES string of the molecule is CCN(CNCC1CCCCCCC1)C/C1=C\CCCCCC1. The van der Waals surface area contributed by atoms with Gasteiger partial charge in [-0.3, -0.25) is 4.90 Å². The summed E-state index contributed by atoms with van der Waals surface area (Å²) in [6.07, 6.45) is 21.1. The fourth-order valence-corrected chi connectivity index (χ4v) is 4.14. The third-order valence-electron chi connectivity index (χ3n) is 5.75. The van der Waals surface area contributed by atoms with E-state index in [1.165, 1.54) is 96.6 Å². The van der Waals surface area contributed by atoms with Gasteiger partial charge in [-0.15, -0.1) is 0 Å². The first-order valence-corrected chi connectivity index (χ1v) is 10.5. The molecule has 1 saturated carbocycles. The first kappa shape index (κ1) is 19.0. The summed E-state index contributed by atoms with van der Waals surface area (Å²) in [5, 5.41) is 3.77. The molecule has 0 aromatic rings. The van der Waals surface area contributed by atoms with Crippen LogP contribution in [-0.2, 0) is 0 Å². The summed E-state index contributed by atoms with van der Waals surface area (Å²) in [5.41, 5.74) is 1.69. The van der Waals surface area contributed by atoms with Crippen LogP contribution in [0.3, 0.4) is 0 Å². The number of likely N-dealkylation sites (N-methyl/N-ethyl adjacent to an activating group) is 1. The van der Waals surface area contributed by atoms with Crippen molar-refractivity contribution in [1.29, 1.82) is 0 Å². The van der Waals surface area contributed by atoms with Crippen LogP contribution in [0.1, 0.15) is 90.4 Å². The lowest BCUT2D eigenvalue weighted by Crippen LogP contribution is -2.37. The molecule has 0 spiro atoms. The minimum atomic E-state index is 0.926. The molecule has 0 atom stereocenters. The predicted octanol–water partition coefficient (Wildman–Crippen LogP) is 5.50. The zero-order chi connectivity index (χ0) is 16.2. The predicted molar refractivity (Wildman–Crippen MR) is 102 cm³/mol. The van der Waals surface area contributed by atoms with E-state index < -0.39 is 0 Å². The van der Waals surface area contributed by atoms with Crippen LogP contribution in [-0.4, -0.2) is 31.2 Å². The van der Waals surface area contributed by atoms with E-state index >= 15 is 0 Å². The number of hydrogen-bond donors (Lipinski definition) is 1. The van der Waals surface area contributed by atoms with Crippen molar-refractivity contribution in [2.24, 2.45) is 5.92 Å². The maximum Gasteiger partial charge on any atom is 0.0483 e. The van der Waals surface area contributed by atoms with Crippen LogP contribution >= 0.6 is 0 Å². The Labute approximate surface area is 145 Å². The molecule has 0 aliphatic heterocycles. The third-order valence-corrected chi connectivity index (χ3v) is 5.75. The average Bonchev–Trinajstić information content (AvgIpc) is 2.50. The van der Waals surface area contributed by atoms with Crippen LogP contribution < -0.4 is 5.32 Å². The molecule has 0 radical (unpaired) electrons. The van der Waals surface area contributed by atoms with Crippen LogP contribution in [0, 0.1) is 5.92 Å². The maximum absolute atomic E-state index is 3.77. The van der Waals surface area contributed by atoms with Gasteiger partial charge in [0.1, 0.15) is 0 Å². The molecule has 0 unspecified atom stereocenters. The molecule has 0 amide bonds. The number of rotatable bonds is 7. The smallest absolute Gasteiger partial charge is 0.0483 e. The summed E-state index contributed by atoms with van der Waals surface area (Å²) in [5.74, 6) is 0.926. The summed E-state index contributed by atoms with van der Waals surface area (Å²) >= 11 is 0. The quantitative estimate of drug-likeness (QED) is 0.492. The highest BCUT2D eigenvalue weighted by Crippen LogP contribution is 2.21. The van der Waals surface area contributed by atoms with E-state index in [-0.39, 0.29) is 0 Å². The maximum atomic E-state index is 3.77. The zero-order valence-electron chi connectivity index (χ0n) is 15.6. The minimum Gasteiger partial charge on any atom is -0.304 e. The lowest BCUT2D eigenvalue weighted by Gasteiger charge is -2.26. The monoisotopic (exact) mass is 320 g/mol. The van der Waals surface area contributed by atoms with E-state index in [4.69, 9.17) is 0 Å². The van der Waals surface area contributed by atoms with Crippen LogP contribution in [0.15, 0.2) is 11.6 Å². The van der Waals surface area contributed by atoms with Crippen molar-refractivity contribution in [3.05, 3.63) is 11.6 Å². The summed E-state index contributed by atoms with van der Waals surface area (Å²) in [4.78, 5) is 2.59. The van der Waals surface area contributed by atoms with E-state index in [1.54, 1.807) is 5.57 Å². The summed E-state index contributed by atoms with van der Waals surface area (Å²) in [7, 11) is 0. The third kappa shape index (κ3) is 8.35. The Morgan fingerprint density at radius 1 is 0.957 bits per heavy atom. The van der Waals surface area contributed by atoms with Gasteiger partial charge >= 0.3 is 0 Å². The lowest BCUT2D eigenvalue weighted by atomic mass is 9.91. The number of allylic oxidation sites excluding steroid dienone is 1. The molecule has 2 heteroatoms. The van der Waals surface area contributed by atoms with Crippen LogP contribution in [0.25, 0.3) is 0 Å². The van der Waals surface area contributed by atoms with Gasteiger partial charge in [0.15, 0.2) is 0 Å². The summed E-state index contributed by atoms with van der Waals surface area (Å²) < 4.78 is 0. The Kier molecular flexibility index (Phi) is 9.98. The lowest BCUT2D eigenvalue weighted by molar-refractivity contribution is 0.263. The van der Waals surface area contributed by atoms with E-state index in [0.717, 1.165) is 19.1 Å². The molecule has 2 nitrogen and oxygen atoms in total. The van der Waals surface area contributed by atoms with E-state index in [9.17, 15) is 0 Å². The Morgan fingerprint density at radius 2 is 1.65 bits per heavy atom. The Hall–Kier alpha value is -0.340.